The lowest BCUT2D eigenvalue weighted by molar-refractivity contribution is 0.565. The Bertz CT molecular complexity index is 1050. The molecule has 3 aromatic heterocycles. The number of hydrogen-bond acceptors (Lipinski definition) is 7. The van der Waals surface area contributed by atoms with Gasteiger partial charge >= 0.3 is 0 Å². The van der Waals surface area contributed by atoms with Crippen LogP contribution in [-0.2, 0) is 0 Å². The van der Waals surface area contributed by atoms with Crippen molar-refractivity contribution in [2.75, 3.05) is 0 Å². The van der Waals surface area contributed by atoms with Crippen LogP contribution in [0.3, 0.4) is 0 Å². The monoisotopic (exact) mass is 366 g/mol. The molecule has 0 unspecified atom stereocenters. The van der Waals surface area contributed by atoms with Crippen molar-refractivity contribution in [1.29, 1.82) is 0 Å². The topological polar surface area (TPSA) is 69.4 Å². The van der Waals surface area contributed by atoms with E-state index in [0.717, 1.165) is 44.6 Å². The molecule has 1 aromatic carbocycles. The number of thiophene rings is 1. The SMILES string of the molecule is Cc1nc(Sc2nnnn2C2CC2)c2c(-c3ccccc3)csc2n1. The molecule has 0 saturated heterocycles. The minimum atomic E-state index is 0.437. The van der Waals surface area contributed by atoms with E-state index in [1.54, 1.807) is 11.3 Å². The Balaban J connectivity index is 1.66. The van der Waals surface area contributed by atoms with E-state index in [1.165, 1.54) is 17.3 Å². The molecule has 1 aliphatic carbocycles. The largest absolute Gasteiger partial charge is 0.226 e. The highest BCUT2D eigenvalue weighted by Gasteiger charge is 2.29. The van der Waals surface area contributed by atoms with Gasteiger partial charge in [0.2, 0.25) is 5.16 Å². The van der Waals surface area contributed by atoms with Gasteiger partial charge in [-0.25, -0.2) is 14.6 Å². The Morgan fingerprint density at radius 2 is 2.00 bits per heavy atom. The van der Waals surface area contributed by atoms with Crippen molar-refractivity contribution in [3.05, 3.63) is 41.5 Å². The first-order chi connectivity index (χ1) is 12.3. The first-order valence-electron chi connectivity index (χ1n) is 8.06. The summed E-state index contributed by atoms with van der Waals surface area (Å²) in [4.78, 5) is 10.3. The highest BCUT2D eigenvalue weighted by atomic mass is 32.2. The van der Waals surface area contributed by atoms with Gasteiger partial charge in [-0.15, -0.1) is 16.4 Å². The molecular formula is C17H14N6S2. The Morgan fingerprint density at radius 3 is 2.80 bits per heavy atom. The Labute approximate surface area is 152 Å². The molecule has 25 heavy (non-hydrogen) atoms. The molecule has 0 N–H and O–H groups in total. The van der Waals surface area contributed by atoms with Gasteiger partial charge in [-0.2, -0.15) is 0 Å². The fraction of sp³-hybridized carbons (Fsp3) is 0.235. The molecule has 5 rings (SSSR count). The van der Waals surface area contributed by atoms with Crippen LogP contribution >= 0.6 is 23.1 Å². The number of tetrazole rings is 1. The average molecular weight is 366 g/mol. The molecule has 3 heterocycles. The molecule has 0 bridgehead atoms. The van der Waals surface area contributed by atoms with E-state index in [9.17, 15) is 0 Å². The first kappa shape index (κ1) is 15.0. The van der Waals surface area contributed by atoms with Crippen LogP contribution in [0, 0.1) is 6.92 Å². The van der Waals surface area contributed by atoms with Gasteiger partial charge in [-0.3, -0.25) is 0 Å². The van der Waals surface area contributed by atoms with E-state index in [-0.39, 0.29) is 0 Å². The lowest BCUT2D eigenvalue weighted by Crippen LogP contribution is -1.99. The summed E-state index contributed by atoms with van der Waals surface area (Å²) >= 11 is 3.18. The first-order valence-corrected chi connectivity index (χ1v) is 9.76. The van der Waals surface area contributed by atoms with Gasteiger partial charge in [-0.05, 0) is 47.5 Å². The van der Waals surface area contributed by atoms with Gasteiger partial charge in [0.05, 0.1) is 11.4 Å². The molecule has 1 aliphatic rings. The number of benzene rings is 1. The minimum Gasteiger partial charge on any atom is -0.226 e. The van der Waals surface area contributed by atoms with E-state index >= 15 is 0 Å². The maximum Gasteiger partial charge on any atom is 0.215 e. The summed E-state index contributed by atoms with van der Waals surface area (Å²) in [5, 5.41) is 17.1. The summed E-state index contributed by atoms with van der Waals surface area (Å²) in [5.74, 6) is 0.766. The molecule has 0 spiro atoms. The summed E-state index contributed by atoms with van der Waals surface area (Å²) in [7, 11) is 0. The zero-order valence-corrected chi connectivity index (χ0v) is 15.1. The average Bonchev–Trinajstić information content (AvgIpc) is 3.21. The van der Waals surface area contributed by atoms with Crippen LogP contribution < -0.4 is 0 Å². The molecule has 1 fully saturated rings. The van der Waals surface area contributed by atoms with Gasteiger partial charge in [0, 0.05) is 10.9 Å². The van der Waals surface area contributed by atoms with Gasteiger partial charge in [0.25, 0.3) is 0 Å². The maximum absolute atomic E-state index is 4.71. The van der Waals surface area contributed by atoms with E-state index in [0.29, 0.717) is 6.04 Å². The predicted molar refractivity (Wildman–Crippen MR) is 97.8 cm³/mol. The van der Waals surface area contributed by atoms with Crippen molar-refractivity contribution in [1.82, 2.24) is 30.2 Å². The normalized spacial score (nSPS) is 14.3. The molecule has 124 valence electrons. The van der Waals surface area contributed by atoms with E-state index in [2.05, 4.69) is 38.0 Å². The van der Waals surface area contributed by atoms with Gasteiger partial charge in [0.1, 0.15) is 15.7 Å². The number of nitrogens with zero attached hydrogens (tertiary/aromatic N) is 6. The summed E-state index contributed by atoms with van der Waals surface area (Å²) in [6.45, 7) is 1.93. The smallest absolute Gasteiger partial charge is 0.215 e. The van der Waals surface area contributed by atoms with E-state index < -0.39 is 0 Å². The van der Waals surface area contributed by atoms with Gasteiger partial charge < -0.3 is 0 Å². The van der Waals surface area contributed by atoms with E-state index in [4.69, 9.17) is 4.98 Å². The second-order valence-electron chi connectivity index (χ2n) is 6.01. The van der Waals surface area contributed by atoms with Crippen LogP contribution in [0.4, 0.5) is 0 Å². The van der Waals surface area contributed by atoms with Crippen LogP contribution in [0.5, 0.6) is 0 Å². The van der Waals surface area contributed by atoms with Crippen molar-refractivity contribution in [2.24, 2.45) is 0 Å². The predicted octanol–water partition coefficient (Wildman–Crippen LogP) is 4.14. The fourth-order valence-corrected chi connectivity index (χ4v) is 4.88. The number of fused-ring (bicyclic) bond motifs is 1. The standard InChI is InChI=1S/C17H14N6S2/c1-10-18-15-14(13(9-24-15)11-5-3-2-4-6-11)16(19-10)25-17-20-21-22-23(17)12-7-8-12/h2-6,9,12H,7-8H2,1H3. The van der Waals surface area contributed by atoms with Crippen molar-refractivity contribution in [2.45, 2.75) is 36.0 Å². The Hall–Kier alpha value is -2.32. The number of aromatic nitrogens is 6. The van der Waals surface area contributed by atoms with Crippen LogP contribution in [0.1, 0.15) is 24.7 Å². The summed E-state index contributed by atoms with van der Waals surface area (Å²) < 4.78 is 1.92. The third-order valence-electron chi connectivity index (χ3n) is 4.14. The molecule has 0 radical (unpaired) electrons. The Kier molecular flexibility index (Phi) is 3.53. The third-order valence-corrected chi connectivity index (χ3v) is 5.95. The molecule has 6 nitrogen and oxygen atoms in total. The van der Waals surface area contributed by atoms with Crippen molar-refractivity contribution in [3.8, 4) is 11.1 Å². The molecule has 8 heteroatoms. The quantitative estimate of drug-likeness (QED) is 0.506. The summed E-state index contributed by atoms with van der Waals surface area (Å²) in [6.07, 6.45) is 2.29. The van der Waals surface area contributed by atoms with Crippen LogP contribution in [-0.4, -0.2) is 30.2 Å². The molecule has 0 atom stereocenters. The molecule has 4 aromatic rings. The zero-order chi connectivity index (χ0) is 16.8. The molecular weight excluding hydrogens is 352 g/mol. The molecule has 0 aliphatic heterocycles. The molecule has 1 saturated carbocycles. The highest BCUT2D eigenvalue weighted by Crippen LogP contribution is 2.42. The lowest BCUT2D eigenvalue weighted by Gasteiger charge is -2.06. The zero-order valence-electron chi connectivity index (χ0n) is 13.5. The van der Waals surface area contributed by atoms with E-state index in [1.807, 2.05) is 29.8 Å². The number of aryl methyl sites for hydroxylation is 1. The van der Waals surface area contributed by atoms with Crippen LogP contribution in [0.25, 0.3) is 21.3 Å². The number of rotatable bonds is 4. The van der Waals surface area contributed by atoms with Crippen LogP contribution in [0.2, 0.25) is 0 Å². The fourth-order valence-electron chi connectivity index (χ4n) is 2.80. The summed E-state index contributed by atoms with van der Waals surface area (Å²) in [5.41, 5.74) is 2.33. The second kappa shape index (κ2) is 5.89. The number of hydrogen-bond donors (Lipinski definition) is 0. The van der Waals surface area contributed by atoms with Crippen molar-refractivity contribution in [3.63, 3.8) is 0 Å². The summed E-state index contributed by atoms with van der Waals surface area (Å²) in [6, 6.07) is 10.8. The van der Waals surface area contributed by atoms with Gasteiger partial charge in [0.15, 0.2) is 0 Å². The second-order valence-corrected chi connectivity index (χ2v) is 7.82. The van der Waals surface area contributed by atoms with Gasteiger partial charge in [-0.1, -0.05) is 30.3 Å². The molecule has 0 amide bonds. The van der Waals surface area contributed by atoms with Crippen molar-refractivity contribution >= 4 is 33.3 Å². The highest BCUT2D eigenvalue weighted by molar-refractivity contribution is 7.99. The Morgan fingerprint density at radius 1 is 1.16 bits per heavy atom. The van der Waals surface area contributed by atoms with Crippen LogP contribution in [0.15, 0.2) is 45.9 Å². The third kappa shape index (κ3) is 2.71. The lowest BCUT2D eigenvalue weighted by atomic mass is 10.1. The minimum absolute atomic E-state index is 0.437. The maximum atomic E-state index is 4.71. The van der Waals surface area contributed by atoms with Crippen molar-refractivity contribution < 1.29 is 0 Å².